The molecule has 7 nitrogen and oxygen atoms in total. The van der Waals surface area contributed by atoms with Crippen molar-refractivity contribution in [2.45, 2.75) is 6.04 Å². The van der Waals surface area contributed by atoms with Gasteiger partial charge in [0.1, 0.15) is 24.8 Å². The molecule has 0 bridgehead atoms. The highest BCUT2D eigenvalue weighted by molar-refractivity contribution is 6.46. The van der Waals surface area contributed by atoms with Crippen molar-refractivity contribution < 1.29 is 28.6 Å². The van der Waals surface area contributed by atoms with Gasteiger partial charge in [-0.3, -0.25) is 9.59 Å². The molecule has 1 fully saturated rings. The van der Waals surface area contributed by atoms with Gasteiger partial charge in [-0.1, -0.05) is 12.1 Å². The summed E-state index contributed by atoms with van der Waals surface area (Å²) in [6, 6.07) is 9.62. The fourth-order valence-corrected chi connectivity index (χ4v) is 3.79. The number of carbonyl (C=O) groups is 2. The highest BCUT2D eigenvalue weighted by atomic mass is 19.1. The van der Waals surface area contributed by atoms with Crippen LogP contribution in [0.3, 0.4) is 0 Å². The minimum Gasteiger partial charge on any atom is -0.507 e. The van der Waals surface area contributed by atoms with Crippen LogP contribution in [0.5, 0.6) is 11.5 Å². The molecule has 1 amide bonds. The first-order valence-electron chi connectivity index (χ1n) is 9.95. The third kappa shape index (κ3) is 3.98. The van der Waals surface area contributed by atoms with Crippen LogP contribution in [-0.4, -0.2) is 67.0 Å². The van der Waals surface area contributed by atoms with Gasteiger partial charge in [-0.25, -0.2) is 4.39 Å². The zero-order chi connectivity index (χ0) is 22.1. The summed E-state index contributed by atoms with van der Waals surface area (Å²) in [5, 5.41) is 11.1. The molecule has 8 heteroatoms. The van der Waals surface area contributed by atoms with Crippen molar-refractivity contribution in [2.24, 2.45) is 0 Å². The normalized spacial score (nSPS) is 19.9. The molecule has 0 aromatic heterocycles. The van der Waals surface area contributed by atoms with Gasteiger partial charge in [0.2, 0.25) is 0 Å². The van der Waals surface area contributed by atoms with E-state index in [2.05, 4.69) is 0 Å². The first-order valence-corrected chi connectivity index (χ1v) is 9.95. The number of likely N-dealkylation sites (tertiary alicyclic amines) is 1. The number of ether oxygens (including phenoxy) is 2. The molecule has 162 valence electrons. The molecule has 2 aliphatic rings. The summed E-state index contributed by atoms with van der Waals surface area (Å²) >= 11 is 0. The lowest BCUT2D eigenvalue weighted by molar-refractivity contribution is -0.140. The van der Waals surface area contributed by atoms with Crippen LogP contribution < -0.4 is 9.47 Å². The Labute approximate surface area is 179 Å². The van der Waals surface area contributed by atoms with Crippen molar-refractivity contribution in [2.75, 3.05) is 40.4 Å². The van der Waals surface area contributed by atoms with Gasteiger partial charge in [0.15, 0.2) is 11.5 Å². The lowest BCUT2D eigenvalue weighted by Crippen LogP contribution is -2.35. The number of carbonyl (C=O) groups excluding carboxylic acids is 2. The van der Waals surface area contributed by atoms with Crippen LogP contribution in [0, 0.1) is 5.82 Å². The quantitative estimate of drug-likeness (QED) is 0.450. The number of aliphatic hydroxyl groups is 1. The summed E-state index contributed by atoms with van der Waals surface area (Å²) in [7, 11) is 3.70. The Morgan fingerprint density at radius 2 is 1.87 bits per heavy atom. The molecular formula is C23H23FN2O5. The number of benzene rings is 2. The molecule has 1 N–H and O–H groups in total. The summed E-state index contributed by atoms with van der Waals surface area (Å²) in [5.41, 5.74) is 0.652. The topological polar surface area (TPSA) is 79.3 Å². The zero-order valence-electron chi connectivity index (χ0n) is 17.3. The van der Waals surface area contributed by atoms with Crippen LogP contribution in [0.25, 0.3) is 5.76 Å². The number of ketones is 1. The number of likely N-dealkylation sites (N-methyl/N-ethyl adjacent to an activating group) is 1. The largest absolute Gasteiger partial charge is 0.507 e. The van der Waals surface area contributed by atoms with Crippen LogP contribution in [0.15, 0.2) is 48.0 Å². The van der Waals surface area contributed by atoms with Crippen LogP contribution in [-0.2, 0) is 9.59 Å². The van der Waals surface area contributed by atoms with E-state index in [4.69, 9.17) is 9.47 Å². The molecule has 1 atom stereocenters. The number of amides is 1. The van der Waals surface area contributed by atoms with Gasteiger partial charge in [-0.05, 0) is 50.0 Å². The number of hydrogen-bond donors (Lipinski definition) is 1. The van der Waals surface area contributed by atoms with Crippen molar-refractivity contribution in [3.05, 3.63) is 65.0 Å². The highest BCUT2D eigenvalue weighted by Crippen LogP contribution is 2.41. The number of rotatable bonds is 5. The second kappa shape index (κ2) is 8.39. The summed E-state index contributed by atoms with van der Waals surface area (Å²) < 4.78 is 25.1. The van der Waals surface area contributed by atoms with E-state index in [1.54, 1.807) is 24.3 Å². The van der Waals surface area contributed by atoms with E-state index in [1.807, 2.05) is 19.0 Å². The third-order valence-corrected chi connectivity index (χ3v) is 5.31. The maximum atomic E-state index is 14.0. The Kier molecular flexibility index (Phi) is 5.65. The highest BCUT2D eigenvalue weighted by Gasteiger charge is 2.46. The molecule has 1 unspecified atom stereocenters. The molecule has 0 spiro atoms. The van der Waals surface area contributed by atoms with Gasteiger partial charge in [0.25, 0.3) is 11.7 Å². The summed E-state index contributed by atoms with van der Waals surface area (Å²) in [6.07, 6.45) is 0. The van der Waals surface area contributed by atoms with E-state index in [9.17, 15) is 19.1 Å². The molecule has 2 aliphatic heterocycles. The molecule has 0 aliphatic carbocycles. The Balaban J connectivity index is 1.83. The van der Waals surface area contributed by atoms with E-state index in [0.29, 0.717) is 42.4 Å². The van der Waals surface area contributed by atoms with Crippen LogP contribution >= 0.6 is 0 Å². The zero-order valence-corrected chi connectivity index (χ0v) is 17.3. The van der Waals surface area contributed by atoms with Crippen LogP contribution in [0.4, 0.5) is 4.39 Å². The summed E-state index contributed by atoms with van der Waals surface area (Å²) in [5.74, 6) is -1.38. The van der Waals surface area contributed by atoms with Gasteiger partial charge < -0.3 is 24.4 Å². The molecule has 2 aromatic rings. The van der Waals surface area contributed by atoms with Crippen molar-refractivity contribution in [1.82, 2.24) is 9.80 Å². The molecule has 4 rings (SSSR count). The van der Waals surface area contributed by atoms with Crippen molar-refractivity contribution in [3.8, 4) is 11.5 Å². The second-order valence-electron chi connectivity index (χ2n) is 7.71. The summed E-state index contributed by atoms with van der Waals surface area (Å²) in [4.78, 5) is 29.1. The first kappa shape index (κ1) is 20.9. The number of halogens is 1. The minimum atomic E-state index is -0.899. The Bertz CT molecular complexity index is 1070. The van der Waals surface area contributed by atoms with Crippen molar-refractivity contribution in [1.29, 1.82) is 0 Å². The van der Waals surface area contributed by atoms with Crippen LogP contribution in [0.1, 0.15) is 17.2 Å². The minimum absolute atomic E-state index is 0.0777. The fourth-order valence-electron chi connectivity index (χ4n) is 3.79. The Hall–Kier alpha value is -3.39. The molecule has 0 saturated carbocycles. The number of fused-ring (bicyclic) bond motifs is 1. The van der Waals surface area contributed by atoms with E-state index in [1.165, 1.54) is 23.1 Å². The molecule has 1 saturated heterocycles. The maximum absolute atomic E-state index is 14.0. The van der Waals surface area contributed by atoms with Crippen LogP contribution in [0.2, 0.25) is 0 Å². The number of nitrogens with zero attached hydrogens (tertiary/aromatic N) is 2. The fraction of sp³-hybridized carbons (Fsp3) is 0.304. The predicted octanol–water partition coefficient (Wildman–Crippen LogP) is 2.58. The van der Waals surface area contributed by atoms with Crippen molar-refractivity contribution in [3.63, 3.8) is 0 Å². The average Bonchev–Trinajstić information content (AvgIpc) is 3.01. The van der Waals surface area contributed by atoms with Gasteiger partial charge >= 0.3 is 0 Å². The second-order valence-corrected chi connectivity index (χ2v) is 7.71. The van der Waals surface area contributed by atoms with E-state index >= 15 is 0 Å². The SMILES string of the molecule is CN(C)CCN1C(=O)C(=O)/C(=C(/O)c2ccc3c(c2)OCCO3)C1c1cccc(F)c1. The number of Topliss-reactive ketones (excluding diaryl/α,β-unsaturated/α-hetero) is 1. The van der Waals surface area contributed by atoms with Crippen molar-refractivity contribution >= 4 is 17.4 Å². The average molecular weight is 426 g/mol. The maximum Gasteiger partial charge on any atom is 0.295 e. The number of hydrogen-bond acceptors (Lipinski definition) is 6. The Morgan fingerprint density at radius 3 is 2.58 bits per heavy atom. The van der Waals surface area contributed by atoms with E-state index in [0.717, 1.165) is 0 Å². The van der Waals surface area contributed by atoms with Gasteiger partial charge in [-0.15, -0.1) is 0 Å². The standard InChI is InChI=1S/C23H23FN2O5/c1-25(2)8-9-26-20(14-4-3-5-16(24)12-14)19(22(28)23(26)29)21(27)15-6-7-17-18(13-15)31-11-10-30-17/h3-7,12-13,20,27H,8-11H2,1-2H3/b21-19+. The number of aliphatic hydroxyl groups excluding tert-OH is 1. The van der Waals surface area contributed by atoms with Gasteiger partial charge in [-0.2, -0.15) is 0 Å². The lowest BCUT2D eigenvalue weighted by atomic mass is 9.95. The molecular weight excluding hydrogens is 403 g/mol. The van der Waals surface area contributed by atoms with Gasteiger partial charge in [0, 0.05) is 18.7 Å². The smallest absolute Gasteiger partial charge is 0.295 e. The molecule has 2 heterocycles. The summed E-state index contributed by atoms with van der Waals surface area (Å²) in [6.45, 7) is 1.55. The van der Waals surface area contributed by atoms with E-state index in [-0.39, 0.29) is 17.9 Å². The third-order valence-electron chi connectivity index (χ3n) is 5.31. The molecule has 31 heavy (non-hydrogen) atoms. The molecule has 0 radical (unpaired) electrons. The lowest BCUT2D eigenvalue weighted by Gasteiger charge is -2.26. The van der Waals surface area contributed by atoms with E-state index < -0.39 is 23.5 Å². The first-order chi connectivity index (χ1) is 14.9. The van der Waals surface area contributed by atoms with Gasteiger partial charge in [0.05, 0.1) is 11.6 Å². The molecule has 2 aromatic carbocycles. The monoisotopic (exact) mass is 426 g/mol. The Morgan fingerprint density at radius 1 is 1.13 bits per heavy atom. The predicted molar refractivity (Wildman–Crippen MR) is 111 cm³/mol.